The number of nitro groups is 1. The quantitative estimate of drug-likeness (QED) is 0.481. The van der Waals surface area contributed by atoms with Crippen LogP contribution in [0.4, 0.5) is 5.69 Å². The molecule has 0 bridgehead atoms. The molecule has 3 rings (SSSR count). The van der Waals surface area contributed by atoms with Gasteiger partial charge in [0.15, 0.2) is 0 Å². The van der Waals surface area contributed by atoms with Gasteiger partial charge >= 0.3 is 0 Å². The van der Waals surface area contributed by atoms with Gasteiger partial charge in [0.2, 0.25) is 0 Å². The molecular weight excluding hydrogens is 328 g/mol. The topological polar surface area (TPSA) is 64.8 Å². The maximum atomic E-state index is 10.9. The van der Waals surface area contributed by atoms with Crippen LogP contribution in [0.25, 0.3) is 0 Å². The molecule has 0 radical (unpaired) electrons. The Labute approximate surface area is 144 Å². The van der Waals surface area contributed by atoms with Crippen LogP contribution in [-0.2, 0) is 4.74 Å². The van der Waals surface area contributed by atoms with E-state index >= 15 is 0 Å². The van der Waals surface area contributed by atoms with E-state index in [2.05, 4.69) is 4.90 Å². The highest BCUT2D eigenvalue weighted by Crippen LogP contribution is 2.29. The van der Waals surface area contributed by atoms with Crippen molar-refractivity contribution in [2.24, 2.45) is 0 Å². The van der Waals surface area contributed by atoms with Gasteiger partial charge in [-0.05, 0) is 18.2 Å². The summed E-state index contributed by atoms with van der Waals surface area (Å²) in [5.74, 6) is 0.982. The number of rotatable bonds is 4. The van der Waals surface area contributed by atoms with Crippen molar-refractivity contribution < 1.29 is 14.4 Å². The third-order valence-corrected chi connectivity index (χ3v) is 4.15. The number of morpholine rings is 1. The molecule has 0 atom stereocenters. The summed E-state index contributed by atoms with van der Waals surface area (Å²) in [7, 11) is 0. The highest BCUT2D eigenvalue weighted by molar-refractivity contribution is 7.80. The number of nitro benzene ring substituents is 1. The van der Waals surface area contributed by atoms with Crippen molar-refractivity contribution in [1.29, 1.82) is 0 Å². The van der Waals surface area contributed by atoms with Gasteiger partial charge < -0.3 is 14.4 Å². The predicted octanol–water partition coefficient (Wildman–Crippen LogP) is 3.39. The van der Waals surface area contributed by atoms with Crippen molar-refractivity contribution in [3.8, 4) is 11.5 Å². The van der Waals surface area contributed by atoms with Crippen LogP contribution in [0.3, 0.4) is 0 Å². The summed E-state index contributed by atoms with van der Waals surface area (Å²) in [6, 6.07) is 13.5. The Morgan fingerprint density at radius 3 is 2.67 bits per heavy atom. The number of para-hydroxylation sites is 1. The van der Waals surface area contributed by atoms with Crippen molar-refractivity contribution in [3.05, 3.63) is 64.2 Å². The number of hydrogen-bond donors (Lipinski definition) is 0. The summed E-state index contributed by atoms with van der Waals surface area (Å²) < 4.78 is 11.2. The number of benzene rings is 2. The average Bonchev–Trinajstić information content (AvgIpc) is 2.62. The molecule has 0 unspecified atom stereocenters. The fourth-order valence-electron chi connectivity index (χ4n) is 2.46. The molecule has 0 aliphatic carbocycles. The van der Waals surface area contributed by atoms with Gasteiger partial charge in [-0.25, -0.2) is 0 Å². The maximum Gasteiger partial charge on any atom is 0.273 e. The molecule has 2 aromatic carbocycles. The van der Waals surface area contributed by atoms with Crippen LogP contribution in [0.2, 0.25) is 0 Å². The van der Waals surface area contributed by atoms with E-state index in [4.69, 9.17) is 21.7 Å². The van der Waals surface area contributed by atoms with Crippen molar-refractivity contribution in [1.82, 2.24) is 4.90 Å². The Morgan fingerprint density at radius 2 is 1.92 bits per heavy atom. The molecule has 0 aromatic heterocycles. The van der Waals surface area contributed by atoms with Crippen LogP contribution in [-0.4, -0.2) is 41.1 Å². The van der Waals surface area contributed by atoms with Crippen LogP contribution in [0.15, 0.2) is 48.5 Å². The zero-order valence-corrected chi connectivity index (χ0v) is 13.7. The van der Waals surface area contributed by atoms with Crippen molar-refractivity contribution in [2.45, 2.75) is 0 Å². The lowest BCUT2D eigenvalue weighted by Crippen LogP contribution is -2.40. The van der Waals surface area contributed by atoms with Crippen LogP contribution in [0, 0.1) is 10.1 Å². The molecule has 1 heterocycles. The lowest BCUT2D eigenvalue weighted by molar-refractivity contribution is -0.384. The Balaban J connectivity index is 1.85. The van der Waals surface area contributed by atoms with E-state index in [9.17, 15) is 10.1 Å². The van der Waals surface area contributed by atoms with Gasteiger partial charge in [-0.2, -0.15) is 0 Å². The van der Waals surface area contributed by atoms with Crippen LogP contribution in [0.1, 0.15) is 5.56 Å². The number of nitrogens with zero attached hydrogens (tertiary/aromatic N) is 2. The van der Waals surface area contributed by atoms with Crippen LogP contribution in [0.5, 0.6) is 11.5 Å². The molecule has 6 nitrogen and oxygen atoms in total. The Bertz CT molecular complexity index is 760. The van der Waals surface area contributed by atoms with Gasteiger partial charge in [-0.3, -0.25) is 10.1 Å². The van der Waals surface area contributed by atoms with E-state index in [-0.39, 0.29) is 5.69 Å². The van der Waals surface area contributed by atoms with Gasteiger partial charge in [0.05, 0.1) is 29.8 Å². The van der Waals surface area contributed by atoms with Gasteiger partial charge in [0, 0.05) is 19.2 Å². The molecule has 0 amide bonds. The number of ether oxygens (including phenoxy) is 2. The van der Waals surface area contributed by atoms with Crippen LogP contribution < -0.4 is 4.74 Å². The highest BCUT2D eigenvalue weighted by atomic mass is 32.1. The summed E-state index contributed by atoms with van der Waals surface area (Å²) in [5, 5.41) is 10.9. The Morgan fingerprint density at radius 1 is 1.17 bits per heavy atom. The molecule has 1 saturated heterocycles. The first kappa shape index (κ1) is 16.4. The molecule has 1 aliphatic rings. The monoisotopic (exact) mass is 344 g/mol. The van der Waals surface area contributed by atoms with Gasteiger partial charge in [-0.15, -0.1) is 0 Å². The summed E-state index contributed by atoms with van der Waals surface area (Å²) in [6.45, 7) is 2.77. The zero-order valence-electron chi connectivity index (χ0n) is 12.9. The first-order valence-corrected chi connectivity index (χ1v) is 7.94. The summed E-state index contributed by atoms with van der Waals surface area (Å²) in [5.41, 5.74) is 0.779. The lowest BCUT2D eigenvalue weighted by atomic mass is 10.1. The smallest absolute Gasteiger partial charge is 0.273 e. The average molecular weight is 344 g/mol. The largest absolute Gasteiger partial charge is 0.456 e. The van der Waals surface area contributed by atoms with Crippen molar-refractivity contribution in [3.63, 3.8) is 0 Å². The molecule has 0 N–H and O–H groups in total. The van der Waals surface area contributed by atoms with E-state index in [0.717, 1.165) is 18.7 Å². The fourth-order valence-corrected chi connectivity index (χ4v) is 2.81. The molecule has 24 heavy (non-hydrogen) atoms. The molecule has 0 spiro atoms. The summed E-state index contributed by atoms with van der Waals surface area (Å²) in [6.07, 6.45) is 0. The van der Waals surface area contributed by atoms with E-state index in [1.165, 1.54) is 12.1 Å². The SMILES string of the molecule is O=[N+]([O-])c1cccc(Oc2ccccc2C(=S)N2CCOCC2)c1. The second-order valence-corrected chi connectivity index (χ2v) is 5.64. The Kier molecular flexibility index (Phi) is 5.02. The van der Waals surface area contributed by atoms with E-state index in [1.807, 2.05) is 18.2 Å². The van der Waals surface area contributed by atoms with Gasteiger partial charge in [0.25, 0.3) is 5.69 Å². The molecule has 0 saturated carbocycles. The minimum absolute atomic E-state index is 0.0132. The normalized spacial score (nSPS) is 14.2. The van der Waals surface area contributed by atoms with Crippen molar-refractivity contribution >= 4 is 22.9 Å². The van der Waals surface area contributed by atoms with Crippen molar-refractivity contribution in [2.75, 3.05) is 26.3 Å². The standard InChI is InChI=1S/C17H16N2O4S/c20-19(21)13-4-3-5-14(12-13)23-16-7-2-1-6-15(16)17(24)18-8-10-22-11-9-18/h1-7,12H,8-11H2. The molecule has 1 aliphatic heterocycles. The minimum atomic E-state index is -0.447. The van der Waals surface area contributed by atoms with Gasteiger partial charge in [-0.1, -0.05) is 30.4 Å². The predicted molar refractivity (Wildman–Crippen MR) is 93.7 cm³/mol. The first-order chi connectivity index (χ1) is 11.6. The van der Waals surface area contributed by atoms with E-state index < -0.39 is 4.92 Å². The van der Waals surface area contributed by atoms with E-state index in [1.54, 1.807) is 18.2 Å². The van der Waals surface area contributed by atoms with E-state index in [0.29, 0.717) is 29.7 Å². The molecule has 124 valence electrons. The summed E-state index contributed by atoms with van der Waals surface area (Å²) >= 11 is 5.59. The maximum absolute atomic E-state index is 10.9. The fraction of sp³-hybridized carbons (Fsp3) is 0.235. The molecule has 7 heteroatoms. The number of non-ortho nitro benzene ring substituents is 1. The second kappa shape index (κ2) is 7.37. The molecular formula is C17H16N2O4S. The second-order valence-electron chi connectivity index (χ2n) is 5.26. The summed E-state index contributed by atoms with van der Waals surface area (Å²) in [4.78, 5) is 13.2. The van der Waals surface area contributed by atoms with Gasteiger partial charge in [0.1, 0.15) is 16.5 Å². The zero-order chi connectivity index (χ0) is 16.9. The molecule has 2 aromatic rings. The third kappa shape index (κ3) is 3.69. The minimum Gasteiger partial charge on any atom is -0.456 e. The third-order valence-electron chi connectivity index (χ3n) is 3.67. The lowest BCUT2D eigenvalue weighted by Gasteiger charge is -2.29. The number of thiocarbonyl (C=S) groups is 1. The highest BCUT2D eigenvalue weighted by Gasteiger charge is 2.18. The van der Waals surface area contributed by atoms with Crippen LogP contribution >= 0.6 is 12.2 Å². The first-order valence-electron chi connectivity index (χ1n) is 7.53. The molecule has 1 fully saturated rings. The Hall–Kier alpha value is -2.51. The number of hydrogen-bond acceptors (Lipinski definition) is 5.